The van der Waals surface area contributed by atoms with Crippen LogP contribution in [0.25, 0.3) is 5.65 Å². The maximum Gasteiger partial charge on any atom is 0.200 e. The molecule has 0 saturated heterocycles. The van der Waals surface area contributed by atoms with Gasteiger partial charge in [-0.2, -0.15) is 0 Å². The molecule has 0 unspecified atom stereocenters. The Hall–Kier alpha value is -1.58. The van der Waals surface area contributed by atoms with Crippen molar-refractivity contribution in [1.82, 2.24) is 14.6 Å². The molecule has 0 fully saturated rings. The van der Waals surface area contributed by atoms with Crippen molar-refractivity contribution in [3.63, 3.8) is 0 Å². The molecule has 0 amide bonds. The molecule has 2 rings (SSSR count). The van der Waals surface area contributed by atoms with E-state index in [9.17, 15) is 0 Å². The molecule has 2 aromatic heterocycles. The topological polar surface area (TPSA) is 39.4 Å². The summed E-state index contributed by atoms with van der Waals surface area (Å²) in [4.78, 5) is 0. The number of rotatable bonds is 8. The summed E-state index contributed by atoms with van der Waals surface area (Å²) < 4.78 is 7.64. The summed E-state index contributed by atoms with van der Waals surface area (Å²) in [5.41, 5.74) is 0.829. The molecule has 18 heavy (non-hydrogen) atoms. The van der Waals surface area contributed by atoms with E-state index in [1.54, 1.807) is 6.33 Å². The number of ether oxygens (including phenoxy) is 1. The summed E-state index contributed by atoms with van der Waals surface area (Å²) in [5, 5.41) is 7.86. The minimum absolute atomic E-state index is 0.767. The van der Waals surface area contributed by atoms with Crippen molar-refractivity contribution in [2.75, 3.05) is 6.61 Å². The second-order valence-corrected chi connectivity index (χ2v) is 4.54. The van der Waals surface area contributed by atoms with E-state index in [0.717, 1.165) is 24.6 Å². The van der Waals surface area contributed by atoms with Crippen molar-refractivity contribution < 1.29 is 4.74 Å². The van der Waals surface area contributed by atoms with Crippen molar-refractivity contribution in [2.24, 2.45) is 0 Å². The lowest BCUT2D eigenvalue weighted by atomic mass is 10.1. The Bertz CT molecular complexity index is 467. The standard InChI is InChI=1S/C14H21N3O/c1-2-3-4-5-6-7-11-18-14-10-8-9-13-16-15-12-17(13)14/h8-10,12H,2-7,11H2,1H3. The molecule has 0 atom stereocenters. The predicted octanol–water partition coefficient (Wildman–Crippen LogP) is 3.47. The van der Waals surface area contributed by atoms with Crippen LogP contribution in [0.4, 0.5) is 0 Å². The summed E-state index contributed by atoms with van der Waals surface area (Å²) >= 11 is 0. The first-order chi connectivity index (χ1) is 8.92. The quantitative estimate of drug-likeness (QED) is 0.670. The lowest BCUT2D eigenvalue weighted by molar-refractivity contribution is 0.290. The molecule has 98 valence electrons. The fraction of sp³-hybridized carbons (Fsp3) is 0.571. The van der Waals surface area contributed by atoms with Gasteiger partial charge in [0.25, 0.3) is 0 Å². The first-order valence-corrected chi connectivity index (χ1v) is 6.83. The first-order valence-electron chi connectivity index (χ1n) is 6.83. The van der Waals surface area contributed by atoms with Crippen LogP contribution in [0.15, 0.2) is 24.5 Å². The van der Waals surface area contributed by atoms with Gasteiger partial charge < -0.3 is 4.74 Å². The van der Waals surface area contributed by atoms with Gasteiger partial charge in [-0.25, -0.2) is 0 Å². The van der Waals surface area contributed by atoms with E-state index in [-0.39, 0.29) is 0 Å². The molecular formula is C14H21N3O. The van der Waals surface area contributed by atoms with Crippen LogP contribution in [0.1, 0.15) is 45.4 Å². The van der Waals surface area contributed by atoms with Gasteiger partial charge in [-0.3, -0.25) is 4.40 Å². The van der Waals surface area contributed by atoms with Gasteiger partial charge in [0.1, 0.15) is 6.33 Å². The van der Waals surface area contributed by atoms with E-state index in [2.05, 4.69) is 17.1 Å². The Kier molecular flexibility index (Phi) is 5.00. The van der Waals surface area contributed by atoms with Crippen molar-refractivity contribution in [2.45, 2.75) is 45.4 Å². The van der Waals surface area contributed by atoms with Gasteiger partial charge in [-0.05, 0) is 18.6 Å². The molecule has 0 aliphatic rings. The molecule has 4 nitrogen and oxygen atoms in total. The average molecular weight is 247 g/mol. The molecule has 0 aliphatic carbocycles. The van der Waals surface area contributed by atoms with Crippen LogP contribution < -0.4 is 4.74 Å². The highest BCUT2D eigenvalue weighted by atomic mass is 16.5. The number of fused-ring (bicyclic) bond motifs is 1. The number of aromatic nitrogens is 3. The number of hydrogen-bond donors (Lipinski definition) is 0. The highest BCUT2D eigenvalue weighted by Crippen LogP contribution is 2.13. The van der Waals surface area contributed by atoms with Crippen molar-refractivity contribution in [3.05, 3.63) is 24.5 Å². The van der Waals surface area contributed by atoms with E-state index in [1.165, 1.54) is 32.1 Å². The first kappa shape index (κ1) is 12.9. The van der Waals surface area contributed by atoms with Gasteiger partial charge in [0.15, 0.2) is 5.65 Å². The van der Waals surface area contributed by atoms with Gasteiger partial charge in [-0.1, -0.05) is 45.1 Å². The summed E-state index contributed by atoms with van der Waals surface area (Å²) in [7, 11) is 0. The second-order valence-electron chi connectivity index (χ2n) is 4.54. The SMILES string of the molecule is CCCCCCCCOc1cccc2nncn12. The summed E-state index contributed by atoms with van der Waals surface area (Å²) in [6, 6.07) is 5.82. The monoisotopic (exact) mass is 247 g/mol. The van der Waals surface area contributed by atoms with Gasteiger partial charge in [0.05, 0.1) is 6.61 Å². The lowest BCUT2D eigenvalue weighted by Gasteiger charge is -2.07. The molecule has 0 aromatic carbocycles. The van der Waals surface area contributed by atoms with Crippen LogP contribution in [-0.4, -0.2) is 21.2 Å². The van der Waals surface area contributed by atoms with Crippen molar-refractivity contribution >= 4 is 5.65 Å². The normalized spacial score (nSPS) is 10.9. The number of hydrogen-bond acceptors (Lipinski definition) is 3. The third-order valence-corrected chi connectivity index (χ3v) is 3.04. The number of unbranched alkanes of at least 4 members (excludes halogenated alkanes) is 5. The zero-order chi connectivity index (χ0) is 12.6. The molecule has 2 heterocycles. The highest BCUT2D eigenvalue weighted by molar-refractivity contribution is 5.39. The Labute approximate surface area is 108 Å². The Morgan fingerprint density at radius 1 is 1.11 bits per heavy atom. The fourth-order valence-corrected chi connectivity index (χ4v) is 2.00. The Morgan fingerprint density at radius 2 is 1.94 bits per heavy atom. The lowest BCUT2D eigenvalue weighted by Crippen LogP contribution is -2.01. The fourth-order valence-electron chi connectivity index (χ4n) is 2.00. The molecule has 0 aliphatic heterocycles. The van der Waals surface area contributed by atoms with Crippen LogP contribution in [0, 0.1) is 0 Å². The van der Waals surface area contributed by atoms with Crippen LogP contribution in [-0.2, 0) is 0 Å². The van der Waals surface area contributed by atoms with Crippen LogP contribution in [0.2, 0.25) is 0 Å². The Morgan fingerprint density at radius 3 is 2.83 bits per heavy atom. The largest absolute Gasteiger partial charge is 0.479 e. The van der Waals surface area contributed by atoms with Crippen LogP contribution in [0.5, 0.6) is 5.88 Å². The average Bonchev–Trinajstić information content (AvgIpc) is 2.86. The maximum absolute atomic E-state index is 5.77. The predicted molar refractivity (Wildman–Crippen MR) is 71.9 cm³/mol. The van der Waals surface area contributed by atoms with E-state index >= 15 is 0 Å². The van der Waals surface area contributed by atoms with E-state index < -0.39 is 0 Å². The van der Waals surface area contributed by atoms with E-state index in [4.69, 9.17) is 4.74 Å². The minimum atomic E-state index is 0.767. The molecule has 0 radical (unpaired) electrons. The molecule has 4 heteroatoms. The molecule has 0 saturated carbocycles. The van der Waals surface area contributed by atoms with E-state index in [1.807, 2.05) is 22.6 Å². The summed E-state index contributed by atoms with van der Waals surface area (Å²) in [6.45, 7) is 3.01. The van der Waals surface area contributed by atoms with Crippen molar-refractivity contribution in [1.29, 1.82) is 0 Å². The number of nitrogens with zero attached hydrogens (tertiary/aromatic N) is 3. The Balaban J connectivity index is 1.72. The van der Waals surface area contributed by atoms with E-state index in [0.29, 0.717) is 0 Å². The van der Waals surface area contributed by atoms with Gasteiger partial charge in [0.2, 0.25) is 5.88 Å². The molecule has 0 bridgehead atoms. The minimum Gasteiger partial charge on any atom is -0.479 e. The van der Waals surface area contributed by atoms with Crippen LogP contribution in [0.3, 0.4) is 0 Å². The van der Waals surface area contributed by atoms with Gasteiger partial charge >= 0.3 is 0 Å². The summed E-state index contributed by atoms with van der Waals surface area (Å²) in [5.74, 6) is 0.825. The van der Waals surface area contributed by atoms with Crippen molar-refractivity contribution in [3.8, 4) is 5.88 Å². The highest BCUT2D eigenvalue weighted by Gasteiger charge is 2.01. The zero-order valence-electron chi connectivity index (χ0n) is 11.0. The molecule has 0 N–H and O–H groups in total. The smallest absolute Gasteiger partial charge is 0.200 e. The second kappa shape index (κ2) is 6.99. The third-order valence-electron chi connectivity index (χ3n) is 3.04. The van der Waals surface area contributed by atoms with Crippen LogP contribution >= 0.6 is 0 Å². The molecular weight excluding hydrogens is 226 g/mol. The number of pyridine rings is 1. The zero-order valence-corrected chi connectivity index (χ0v) is 11.0. The molecule has 0 spiro atoms. The molecule has 2 aromatic rings. The van der Waals surface area contributed by atoms with Gasteiger partial charge in [0, 0.05) is 0 Å². The maximum atomic E-state index is 5.77. The summed E-state index contributed by atoms with van der Waals surface area (Å²) in [6.07, 6.45) is 9.35. The third kappa shape index (κ3) is 3.45. The van der Waals surface area contributed by atoms with Gasteiger partial charge in [-0.15, -0.1) is 10.2 Å².